The molecule has 1 saturated heterocycles. The first kappa shape index (κ1) is 28.2. The van der Waals surface area contributed by atoms with E-state index in [9.17, 15) is 33.9 Å². The second-order valence-corrected chi connectivity index (χ2v) is 8.63. The predicted octanol–water partition coefficient (Wildman–Crippen LogP) is -2.15. The van der Waals surface area contributed by atoms with E-state index in [1.165, 1.54) is 16.7 Å². The molecule has 13 nitrogen and oxygen atoms in total. The quantitative estimate of drug-likeness (QED) is 0.155. The fraction of sp³-hybridized carbons (Fsp3) is 0.684. The molecule has 0 aliphatic carbocycles. The number of rotatable bonds is 14. The van der Waals surface area contributed by atoms with Gasteiger partial charge in [0.1, 0.15) is 18.1 Å². The molecule has 0 bridgehead atoms. The average molecular weight is 490 g/mol. The monoisotopic (exact) mass is 489 g/mol. The van der Waals surface area contributed by atoms with Crippen LogP contribution in [-0.2, 0) is 28.8 Å². The van der Waals surface area contributed by atoms with E-state index in [-0.39, 0.29) is 12.8 Å². The van der Waals surface area contributed by atoms with Gasteiger partial charge in [-0.3, -0.25) is 24.0 Å². The molecule has 1 aliphatic rings. The molecule has 1 aliphatic heterocycles. The molecule has 0 radical (unpaired) electrons. The number of likely N-dealkylation sites (tertiary alicyclic amines) is 1. The molecule has 0 aromatic rings. The molecule has 0 saturated carbocycles. The van der Waals surface area contributed by atoms with Gasteiger partial charge in [-0.2, -0.15) is 11.8 Å². The number of carbonyl (C=O) groups excluding carboxylic acids is 4. The Morgan fingerprint density at radius 2 is 1.76 bits per heavy atom. The van der Waals surface area contributed by atoms with Crippen LogP contribution in [0.25, 0.3) is 0 Å². The van der Waals surface area contributed by atoms with Crippen molar-refractivity contribution in [2.45, 2.75) is 62.7 Å². The lowest BCUT2D eigenvalue weighted by Gasteiger charge is -2.28. The number of primary amides is 1. The summed E-state index contributed by atoms with van der Waals surface area (Å²) in [5, 5.41) is 22.8. The van der Waals surface area contributed by atoms with Gasteiger partial charge in [-0.05, 0) is 37.7 Å². The summed E-state index contributed by atoms with van der Waals surface area (Å²) >= 11 is 1.53. The maximum Gasteiger partial charge on any atom is 0.326 e. The standard InChI is InChI=1S/C19H31N5O8S/c1-33-8-6-10(20)18(30)24-7-2-3-13(24)17(29)23-12(9-15(26)27)16(28)22-11(19(31)32)4-5-14(21)25/h10-13H,2-9,20H2,1H3,(H2,21,25)(H,22,28)(H,23,29)(H,26,27)(H,31,32). The first-order valence-corrected chi connectivity index (χ1v) is 11.8. The van der Waals surface area contributed by atoms with Crippen LogP contribution in [0.3, 0.4) is 0 Å². The van der Waals surface area contributed by atoms with E-state index in [4.69, 9.17) is 16.6 Å². The van der Waals surface area contributed by atoms with Crippen molar-refractivity contribution in [1.82, 2.24) is 15.5 Å². The summed E-state index contributed by atoms with van der Waals surface area (Å²) in [4.78, 5) is 72.8. The lowest BCUT2D eigenvalue weighted by Crippen LogP contribution is -2.57. The van der Waals surface area contributed by atoms with Gasteiger partial charge in [-0.25, -0.2) is 4.79 Å². The van der Waals surface area contributed by atoms with Crippen molar-refractivity contribution in [2.75, 3.05) is 18.6 Å². The van der Waals surface area contributed by atoms with Crippen molar-refractivity contribution in [3.63, 3.8) is 0 Å². The molecule has 4 amide bonds. The van der Waals surface area contributed by atoms with Gasteiger partial charge in [0.05, 0.1) is 12.5 Å². The van der Waals surface area contributed by atoms with E-state index in [1.54, 1.807) is 0 Å². The SMILES string of the molecule is CSCCC(N)C(=O)N1CCCC1C(=O)NC(CC(=O)O)C(=O)NC(CCC(N)=O)C(=O)O. The molecule has 1 fully saturated rings. The highest BCUT2D eigenvalue weighted by Gasteiger charge is 2.38. The summed E-state index contributed by atoms with van der Waals surface area (Å²) in [5.74, 6) is -5.14. The lowest BCUT2D eigenvalue weighted by molar-refractivity contribution is -0.144. The van der Waals surface area contributed by atoms with Gasteiger partial charge in [0, 0.05) is 13.0 Å². The molecule has 0 aromatic carbocycles. The van der Waals surface area contributed by atoms with E-state index in [1.807, 2.05) is 6.26 Å². The molecule has 186 valence electrons. The summed E-state index contributed by atoms with van der Waals surface area (Å²) in [6.07, 6.45) is 1.71. The summed E-state index contributed by atoms with van der Waals surface area (Å²) in [7, 11) is 0. The number of thioether (sulfide) groups is 1. The Balaban J connectivity index is 2.89. The largest absolute Gasteiger partial charge is 0.481 e. The third-order valence-electron chi connectivity index (χ3n) is 5.09. The Labute approximate surface area is 195 Å². The molecular weight excluding hydrogens is 458 g/mol. The zero-order valence-electron chi connectivity index (χ0n) is 18.3. The van der Waals surface area contributed by atoms with Gasteiger partial charge in [-0.1, -0.05) is 0 Å². The zero-order chi connectivity index (χ0) is 25.1. The number of aliphatic carboxylic acids is 2. The minimum absolute atomic E-state index is 0.299. The van der Waals surface area contributed by atoms with Crippen molar-refractivity contribution < 1.29 is 39.0 Å². The van der Waals surface area contributed by atoms with Crippen LogP contribution in [-0.4, -0.2) is 93.4 Å². The lowest BCUT2D eigenvalue weighted by atomic mass is 10.1. The second kappa shape index (κ2) is 13.6. The summed E-state index contributed by atoms with van der Waals surface area (Å²) < 4.78 is 0. The smallest absolute Gasteiger partial charge is 0.326 e. The van der Waals surface area contributed by atoms with Gasteiger partial charge >= 0.3 is 11.9 Å². The predicted molar refractivity (Wildman–Crippen MR) is 118 cm³/mol. The molecule has 0 aromatic heterocycles. The number of nitrogens with zero attached hydrogens (tertiary/aromatic N) is 1. The van der Waals surface area contributed by atoms with Crippen LogP contribution in [0.15, 0.2) is 0 Å². The molecule has 1 heterocycles. The Hall–Kier alpha value is -2.87. The number of amides is 4. The third kappa shape index (κ3) is 9.26. The van der Waals surface area contributed by atoms with E-state index in [0.29, 0.717) is 31.6 Å². The first-order valence-electron chi connectivity index (χ1n) is 10.4. The minimum Gasteiger partial charge on any atom is -0.481 e. The first-order chi connectivity index (χ1) is 15.5. The number of nitrogens with two attached hydrogens (primary N) is 2. The maximum atomic E-state index is 12.8. The fourth-order valence-corrected chi connectivity index (χ4v) is 3.84. The average Bonchev–Trinajstić information content (AvgIpc) is 3.22. The number of nitrogens with one attached hydrogen (secondary N) is 2. The van der Waals surface area contributed by atoms with Crippen molar-refractivity contribution in [1.29, 1.82) is 0 Å². The molecule has 8 N–H and O–H groups in total. The van der Waals surface area contributed by atoms with Crippen LogP contribution >= 0.6 is 11.8 Å². The molecule has 14 heteroatoms. The van der Waals surface area contributed by atoms with Crippen LogP contribution in [0, 0.1) is 0 Å². The minimum atomic E-state index is -1.59. The topological polar surface area (TPSA) is 222 Å². The number of hydrogen-bond acceptors (Lipinski definition) is 8. The van der Waals surface area contributed by atoms with Gasteiger partial charge in [-0.15, -0.1) is 0 Å². The summed E-state index contributed by atoms with van der Waals surface area (Å²) in [6, 6.07) is -4.80. The van der Waals surface area contributed by atoms with Crippen molar-refractivity contribution in [3.8, 4) is 0 Å². The Morgan fingerprint density at radius 3 is 2.30 bits per heavy atom. The fourth-order valence-electron chi connectivity index (χ4n) is 3.35. The molecule has 4 unspecified atom stereocenters. The van der Waals surface area contributed by atoms with Crippen LogP contribution in [0.1, 0.15) is 38.5 Å². The molecule has 4 atom stereocenters. The number of carbonyl (C=O) groups is 6. The third-order valence-corrected chi connectivity index (χ3v) is 5.74. The zero-order valence-corrected chi connectivity index (χ0v) is 19.1. The highest BCUT2D eigenvalue weighted by Crippen LogP contribution is 2.19. The van der Waals surface area contributed by atoms with Crippen molar-refractivity contribution >= 4 is 47.3 Å². The van der Waals surface area contributed by atoms with Crippen LogP contribution in [0.5, 0.6) is 0 Å². The second-order valence-electron chi connectivity index (χ2n) is 7.64. The highest BCUT2D eigenvalue weighted by molar-refractivity contribution is 7.98. The highest BCUT2D eigenvalue weighted by atomic mass is 32.2. The Kier molecular flexibility index (Phi) is 11.6. The maximum absolute atomic E-state index is 12.8. The van der Waals surface area contributed by atoms with Gasteiger partial charge in [0.15, 0.2) is 0 Å². The van der Waals surface area contributed by atoms with Crippen LogP contribution in [0.2, 0.25) is 0 Å². The van der Waals surface area contributed by atoms with E-state index in [0.717, 1.165) is 0 Å². The number of hydrogen-bond donors (Lipinski definition) is 6. The molecular formula is C19H31N5O8S. The summed E-state index contributed by atoms with van der Waals surface area (Å²) in [5.41, 5.74) is 10.9. The normalized spacial score (nSPS) is 18.1. The Bertz CT molecular complexity index is 764. The molecule has 33 heavy (non-hydrogen) atoms. The summed E-state index contributed by atoms with van der Waals surface area (Å²) in [6.45, 7) is 0.299. The van der Waals surface area contributed by atoms with Gasteiger partial charge in [0.2, 0.25) is 23.6 Å². The van der Waals surface area contributed by atoms with Crippen molar-refractivity contribution in [3.05, 3.63) is 0 Å². The van der Waals surface area contributed by atoms with E-state index >= 15 is 0 Å². The number of carboxylic acids is 2. The van der Waals surface area contributed by atoms with Crippen LogP contribution in [0.4, 0.5) is 0 Å². The van der Waals surface area contributed by atoms with Crippen LogP contribution < -0.4 is 22.1 Å². The van der Waals surface area contributed by atoms with E-state index < -0.39 is 66.2 Å². The number of carboxylic acid groups (broad SMARTS) is 2. The van der Waals surface area contributed by atoms with E-state index in [2.05, 4.69) is 10.6 Å². The van der Waals surface area contributed by atoms with Gasteiger partial charge < -0.3 is 37.2 Å². The van der Waals surface area contributed by atoms with Crippen molar-refractivity contribution in [2.24, 2.45) is 11.5 Å². The molecule has 0 spiro atoms. The Morgan fingerprint density at radius 1 is 1.09 bits per heavy atom. The van der Waals surface area contributed by atoms with Gasteiger partial charge in [0.25, 0.3) is 0 Å². The molecule has 1 rings (SSSR count).